The first-order chi connectivity index (χ1) is 9.94. The van der Waals surface area contributed by atoms with E-state index in [1.807, 2.05) is 6.07 Å². The molecule has 0 fully saturated rings. The molecule has 2 aromatic carbocycles. The van der Waals surface area contributed by atoms with E-state index < -0.39 is 16.1 Å². The SMILES string of the molecule is Nc1ccc(S(=O)(=O)N[C@@H](CO)c2ccccc2)c(Br)c1. The van der Waals surface area contributed by atoms with Gasteiger partial charge in [-0.3, -0.25) is 0 Å². The second-order valence-corrected chi connectivity index (χ2v) is 6.99. The third kappa shape index (κ3) is 3.82. The van der Waals surface area contributed by atoms with Crippen LogP contribution in [0.15, 0.2) is 57.9 Å². The lowest BCUT2D eigenvalue weighted by Gasteiger charge is -2.17. The van der Waals surface area contributed by atoms with Crippen LogP contribution in [0.5, 0.6) is 0 Å². The topological polar surface area (TPSA) is 92.4 Å². The number of anilines is 1. The normalized spacial score (nSPS) is 13.0. The highest BCUT2D eigenvalue weighted by Crippen LogP contribution is 2.25. The number of nitrogen functional groups attached to an aromatic ring is 1. The zero-order valence-corrected chi connectivity index (χ0v) is 13.4. The number of nitrogens with two attached hydrogens (primary N) is 1. The predicted octanol–water partition coefficient (Wildman–Crippen LogP) is 2.04. The summed E-state index contributed by atoms with van der Waals surface area (Å²) in [5, 5.41) is 9.44. The Morgan fingerprint density at radius 1 is 1.19 bits per heavy atom. The first-order valence-electron chi connectivity index (χ1n) is 6.17. The van der Waals surface area contributed by atoms with Crippen molar-refractivity contribution in [2.75, 3.05) is 12.3 Å². The number of hydrogen-bond acceptors (Lipinski definition) is 4. The van der Waals surface area contributed by atoms with Crippen LogP contribution in [-0.4, -0.2) is 20.1 Å². The number of sulfonamides is 1. The van der Waals surface area contributed by atoms with Crippen LogP contribution in [0.4, 0.5) is 5.69 Å². The smallest absolute Gasteiger partial charge is 0.242 e. The van der Waals surface area contributed by atoms with Crippen molar-refractivity contribution in [1.82, 2.24) is 4.72 Å². The molecule has 0 amide bonds. The Labute approximate surface area is 132 Å². The Kier molecular flexibility index (Phi) is 5.00. The number of halogens is 1. The van der Waals surface area contributed by atoms with Gasteiger partial charge in [-0.2, -0.15) is 0 Å². The van der Waals surface area contributed by atoms with E-state index in [-0.39, 0.29) is 11.5 Å². The second kappa shape index (κ2) is 6.57. The minimum absolute atomic E-state index is 0.0751. The highest BCUT2D eigenvalue weighted by Gasteiger charge is 2.22. The summed E-state index contributed by atoms with van der Waals surface area (Å²) in [6, 6.07) is 12.6. The molecule has 0 radical (unpaired) electrons. The number of aliphatic hydroxyl groups is 1. The van der Waals surface area contributed by atoms with Gasteiger partial charge in [-0.1, -0.05) is 30.3 Å². The zero-order chi connectivity index (χ0) is 15.5. The Balaban J connectivity index is 2.32. The van der Waals surface area contributed by atoms with Crippen LogP contribution in [0.3, 0.4) is 0 Å². The first-order valence-corrected chi connectivity index (χ1v) is 8.45. The minimum atomic E-state index is -3.78. The van der Waals surface area contributed by atoms with E-state index in [4.69, 9.17) is 5.73 Å². The summed E-state index contributed by atoms with van der Waals surface area (Å²) in [5.74, 6) is 0. The van der Waals surface area contributed by atoms with E-state index in [2.05, 4.69) is 20.7 Å². The molecule has 5 nitrogen and oxygen atoms in total. The van der Waals surface area contributed by atoms with Crippen LogP contribution in [0.1, 0.15) is 11.6 Å². The van der Waals surface area contributed by atoms with Crippen molar-refractivity contribution in [1.29, 1.82) is 0 Å². The predicted molar refractivity (Wildman–Crippen MR) is 85.1 cm³/mol. The van der Waals surface area contributed by atoms with E-state index in [1.165, 1.54) is 18.2 Å². The molecular formula is C14H15BrN2O3S. The number of aliphatic hydroxyl groups excluding tert-OH is 1. The molecular weight excluding hydrogens is 356 g/mol. The van der Waals surface area contributed by atoms with Crippen LogP contribution < -0.4 is 10.5 Å². The monoisotopic (exact) mass is 370 g/mol. The van der Waals surface area contributed by atoms with Crippen LogP contribution in [-0.2, 0) is 10.0 Å². The minimum Gasteiger partial charge on any atom is -0.399 e. The molecule has 0 heterocycles. The molecule has 7 heteroatoms. The van der Waals surface area contributed by atoms with Gasteiger partial charge in [-0.15, -0.1) is 0 Å². The molecule has 0 unspecified atom stereocenters. The van der Waals surface area contributed by atoms with Gasteiger partial charge in [-0.25, -0.2) is 13.1 Å². The van der Waals surface area contributed by atoms with Crippen molar-refractivity contribution in [2.45, 2.75) is 10.9 Å². The van der Waals surface area contributed by atoms with Gasteiger partial charge in [0.05, 0.1) is 17.5 Å². The lowest BCUT2D eigenvalue weighted by atomic mass is 10.1. The van der Waals surface area contributed by atoms with E-state index in [1.54, 1.807) is 24.3 Å². The number of nitrogens with one attached hydrogen (secondary N) is 1. The van der Waals surface area contributed by atoms with Crippen molar-refractivity contribution < 1.29 is 13.5 Å². The first kappa shape index (κ1) is 16.0. The molecule has 0 aliphatic carbocycles. The van der Waals surface area contributed by atoms with Gasteiger partial charge >= 0.3 is 0 Å². The maximum atomic E-state index is 12.4. The summed E-state index contributed by atoms with van der Waals surface area (Å²) < 4.78 is 27.7. The highest BCUT2D eigenvalue weighted by molar-refractivity contribution is 9.10. The molecule has 21 heavy (non-hydrogen) atoms. The van der Waals surface area contributed by atoms with E-state index in [0.29, 0.717) is 15.7 Å². The van der Waals surface area contributed by atoms with Crippen molar-refractivity contribution >= 4 is 31.6 Å². The molecule has 0 aromatic heterocycles. The molecule has 0 saturated carbocycles. The lowest BCUT2D eigenvalue weighted by Crippen LogP contribution is -2.31. The molecule has 1 atom stereocenters. The quantitative estimate of drug-likeness (QED) is 0.702. The number of hydrogen-bond donors (Lipinski definition) is 3. The molecule has 0 spiro atoms. The summed E-state index contributed by atoms with van der Waals surface area (Å²) in [7, 11) is -3.78. The summed E-state index contributed by atoms with van der Waals surface area (Å²) in [4.78, 5) is 0.0751. The van der Waals surface area contributed by atoms with Crippen LogP contribution in [0.2, 0.25) is 0 Å². The third-order valence-electron chi connectivity index (χ3n) is 2.93. The summed E-state index contributed by atoms with van der Waals surface area (Å²) in [6.07, 6.45) is 0. The van der Waals surface area contributed by atoms with E-state index in [9.17, 15) is 13.5 Å². The zero-order valence-electron chi connectivity index (χ0n) is 11.0. The van der Waals surface area contributed by atoms with Crippen molar-refractivity contribution in [3.8, 4) is 0 Å². The molecule has 0 saturated heterocycles. The Bertz CT molecular complexity index is 720. The molecule has 4 N–H and O–H groups in total. The van der Waals surface area contributed by atoms with Crippen molar-refractivity contribution in [2.24, 2.45) is 0 Å². The average Bonchev–Trinajstić information content (AvgIpc) is 2.45. The summed E-state index contributed by atoms with van der Waals surface area (Å²) >= 11 is 3.19. The van der Waals surface area contributed by atoms with Gasteiger partial charge in [0.25, 0.3) is 0 Å². The average molecular weight is 371 g/mol. The highest BCUT2D eigenvalue weighted by atomic mass is 79.9. The maximum Gasteiger partial charge on any atom is 0.242 e. The van der Waals surface area contributed by atoms with Crippen molar-refractivity contribution in [3.05, 3.63) is 58.6 Å². The van der Waals surface area contributed by atoms with Gasteiger partial charge in [0.2, 0.25) is 10.0 Å². The summed E-state index contributed by atoms with van der Waals surface area (Å²) in [5.41, 5.74) is 6.75. The van der Waals surface area contributed by atoms with E-state index >= 15 is 0 Å². The molecule has 0 aliphatic rings. The fourth-order valence-corrected chi connectivity index (χ4v) is 4.19. The van der Waals surface area contributed by atoms with Gasteiger partial charge in [0.15, 0.2) is 0 Å². The van der Waals surface area contributed by atoms with Gasteiger partial charge < -0.3 is 10.8 Å². The standard InChI is InChI=1S/C14H15BrN2O3S/c15-12-8-11(16)6-7-14(12)21(19,20)17-13(9-18)10-4-2-1-3-5-10/h1-8,13,17-18H,9,16H2/t13-/m0/s1. The molecule has 112 valence electrons. The van der Waals surface area contributed by atoms with Crippen LogP contribution >= 0.6 is 15.9 Å². The fraction of sp³-hybridized carbons (Fsp3) is 0.143. The van der Waals surface area contributed by atoms with Gasteiger partial charge in [0.1, 0.15) is 0 Å². The molecule has 0 bridgehead atoms. The van der Waals surface area contributed by atoms with Crippen LogP contribution in [0.25, 0.3) is 0 Å². The number of rotatable bonds is 5. The Morgan fingerprint density at radius 2 is 1.86 bits per heavy atom. The van der Waals surface area contributed by atoms with Gasteiger partial charge in [0, 0.05) is 10.2 Å². The third-order valence-corrected chi connectivity index (χ3v) is 5.38. The molecule has 2 rings (SSSR count). The Morgan fingerprint density at radius 3 is 2.43 bits per heavy atom. The largest absolute Gasteiger partial charge is 0.399 e. The lowest BCUT2D eigenvalue weighted by molar-refractivity contribution is 0.259. The second-order valence-electron chi connectivity index (χ2n) is 4.46. The fourth-order valence-electron chi connectivity index (χ4n) is 1.88. The number of benzene rings is 2. The maximum absolute atomic E-state index is 12.4. The van der Waals surface area contributed by atoms with E-state index in [0.717, 1.165) is 0 Å². The summed E-state index contributed by atoms with van der Waals surface area (Å²) in [6.45, 7) is -0.337. The molecule has 0 aliphatic heterocycles. The molecule has 2 aromatic rings. The van der Waals surface area contributed by atoms with Crippen molar-refractivity contribution in [3.63, 3.8) is 0 Å². The Hall–Kier alpha value is -1.41. The van der Waals surface area contributed by atoms with Crippen LogP contribution in [0, 0.1) is 0 Å². The van der Waals surface area contributed by atoms with Gasteiger partial charge in [-0.05, 0) is 39.7 Å².